The van der Waals surface area contributed by atoms with E-state index in [0.717, 1.165) is 5.56 Å². The summed E-state index contributed by atoms with van der Waals surface area (Å²) in [7, 11) is 0. The van der Waals surface area contributed by atoms with Gasteiger partial charge in [0.15, 0.2) is 0 Å². The topological polar surface area (TPSA) is 57.6 Å². The van der Waals surface area contributed by atoms with Crippen LogP contribution in [0.3, 0.4) is 0 Å². The van der Waals surface area contributed by atoms with Gasteiger partial charge in [-0.1, -0.05) is 23.7 Å². The van der Waals surface area contributed by atoms with Crippen molar-refractivity contribution in [1.82, 2.24) is 4.90 Å². The van der Waals surface area contributed by atoms with Gasteiger partial charge in [-0.15, -0.1) is 0 Å². The lowest BCUT2D eigenvalue weighted by molar-refractivity contribution is -0.149. The fraction of sp³-hybridized carbons (Fsp3) is 0.333. The fourth-order valence-electron chi connectivity index (χ4n) is 1.49. The van der Waals surface area contributed by atoms with E-state index < -0.39 is 12.0 Å². The van der Waals surface area contributed by atoms with Crippen molar-refractivity contribution in [2.24, 2.45) is 0 Å². The van der Waals surface area contributed by atoms with Crippen molar-refractivity contribution in [3.05, 3.63) is 34.9 Å². The van der Waals surface area contributed by atoms with Crippen LogP contribution in [-0.4, -0.2) is 27.9 Å². The van der Waals surface area contributed by atoms with Crippen molar-refractivity contribution in [2.75, 3.05) is 0 Å². The standard InChI is InChI=1S/C12H14ClNO3/c1-8(12(16)17)14(9(2)15)7-10-4-3-5-11(13)6-10/h3-6,8H,7H2,1-2H3,(H,16,17). The number of rotatable bonds is 4. The number of nitrogens with zero attached hydrogens (tertiary/aromatic N) is 1. The molecule has 5 heteroatoms. The Balaban J connectivity index is 2.88. The van der Waals surface area contributed by atoms with Gasteiger partial charge in [0, 0.05) is 18.5 Å². The van der Waals surface area contributed by atoms with Crippen molar-refractivity contribution in [3.63, 3.8) is 0 Å². The predicted molar refractivity (Wildman–Crippen MR) is 64.8 cm³/mol. The maximum Gasteiger partial charge on any atom is 0.326 e. The number of aliphatic carboxylic acids is 1. The van der Waals surface area contributed by atoms with Gasteiger partial charge in [-0.3, -0.25) is 4.79 Å². The Bertz CT molecular complexity index is 434. The number of hydrogen-bond donors (Lipinski definition) is 1. The zero-order valence-corrected chi connectivity index (χ0v) is 10.4. The van der Waals surface area contributed by atoms with E-state index in [4.69, 9.17) is 16.7 Å². The van der Waals surface area contributed by atoms with E-state index in [1.165, 1.54) is 18.7 Å². The van der Waals surface area contributed by atoms with Crippen LogP contribution >= 0.6 is 11.6 Å². The highest BCUT2D eigenvalue weighted by molar-refractivity contribution is 6.30. The number of carbonyl (C=O) groups excluding carboxylic acids is 1. The van der Waals surface area contributed by atoms with Crippen LogP contribution in [-0.2, 0) is 16.1 Å². The van der Waals surface area contributed by atoms with Crippen LogP contribution in [0.1, 0.15) is 19.4 Å². The van der Waals surface area contributed by atoms with E-state index >= 15 is 0 Å². The molecule has 0 spiro atoms. The Morgan fingerprint density at radius 3 is 2.59 bits per heavy atom. The molecule has 0 saturated carbocycles. The number of carboxylic acids is 1. The first-order valence-corrected chi connectivity index (χ1v) is 5.54. The molecule has 0 heterocycles. The van der Waals surface area contributed by atoms with Crippen LogP contribution in [0.15, 0.2) is 24.3 Å². The van der Waals surface area contributed by atoms with E-state index in [1.54, 1.807) is 24.3 Å². The van der Waals surface area contributed by atoms with Crippen LogP contribution in [0.4, 0.5) is 0 Å². The quantitative estimate of drug-likeness (QED) is 0.897. The molecule has 1 rings (SSSR count). The summed E-state index contributed by atoms with van der Waals surface area (Å²) in [5, 5.41) is 9.48. The third-order valence-electron chi connectivity index (χ3n) is 2.47. The number of benzene rings is 1. The molecule has 0 saturated heterocycles. The molecule has 0 radical (unpaired) electrons. The second-order valence-corrected chi connectivity index (χ2v) is 4.23. The molecule has 92 valence electrons. The minimum atomic E-state index is -1.03. The SMILES string of the molecule is CC(=O)N(Cc1cccc(Cl)c1)C(C)C(=O)O. The zero-order valence-electron chi connectivity index (χ0n) is 9.68. The van der Waals surface area contributed by atoms with Gasteiger partial charge < -0.3 is 10.0 Å². The van der Waals surface area contributed by atoms with Crippen molar-refractivity contribution in [3.8, 4) is 0 Å². The lowest BCUT2D eigenvalue weighted by Gasteiger charge is -2.25. The Morgan fingerprint density at radius 1 is 1.47 bits per heavy atom. The molecule has 0 aliphatic carbocycles. The van der Waals surface area contributed by atoms with Crippen molar-refractivity contribution < 1.29 is 14.7 Å². The van der Waals surface area contributed by atoms with Gasteiger partial charge in [-0.2, -0.15) is 0 Å². The molecule has 1 N–H and O–H groups in total. The van der Waals surface area contributed by atoms with Gasteiger partial charge in [-0.05, 0) is 24.6 Å². The maximum absolute atomic E-state index is 11.4. The van der Waals surface area contributed by atoms with Crippen molar-refractivity contribution >= 4 is 23.5 Å². The highest BCUT2D eigenvalue weighted by atomic mass is 35.5. The molecule has 1 unspecified atom stereocenters. The van der Waals surface area contributed by atoms with Crippen LogP contribution < -0.4 is 0 Å². The first kappa shape index (κ1) is 13.5. The molecule has 0 fully saturated rings. The highest BCUT2D eigenvalue weighted by Gasteiger charge is 2.22. The Hall–Kier alpha value is -1.55. The average molecular weight is 256 g/mol. The summed E-state index contributed by atoms with van der Waals surface area (Å²) in [6.45, 7) is 3.07. The Kier molecular flexibility index (Phi) is 4.52. The zero-order chi connectivity index (χ0) is 13.0. The molecule has 1 aromatic rings. The molecule has 1 aromatic carbocycles. The van der Waals surface area contributed by atoms with Crippen LogP contribution in [0.2, 0.25) is 5.02 Å². The molecule has 0 aromatic heterocycles. The molecule has 0 aliphatic heterocycles. The van der Waals surface area contributed by atoms with Crippen molar-refractivity contribution in [1.29, 1.82) is 0 Å². The lowest BCUT2D eigenvalue weighted by Crippen LogP contribution is -2.41. The molecule has 1 atom stereocenters. The summed E-state index contributed by atoms with van der Waals surface area (Å²) in [4.78, 5) is 23.6. The highest BCUT2D eigenvalue weighted by Crippen LogP contribution is 2.14. The van der Waals surface area contributed by atoms with E-state index in [1.807, 2.05) is 0 Å². The second kappa shape index (κ2) is 5.68. The van der Waals surface area contributed by atoms with Gasteiger partial charge in [0.1, 0.15) is 6.04 Å². The second-order valence-electron chi connectivity index (χ2n) is 3.79. The molecule has 4 nitrogen and oxygen atoms in total. The van der Waals surface area contributed by atoms with Gasteiger partial charge >= 0.3 is 5.97 Å². The summed E-state index contributed by atoms with van der Waals surface area (Å²) >= 11 is 5.83. The number of hydrogen-bond acceptors (Lipinski definition) is 2. The van der Waals surface area contributed by atoms with Crippen LogP contribution in [0.25, 0.3) is 0 Å². The minimum Gasteiger partial charge on any atom is -0.480 e. The summed E-state index contributed by atoms with van der Waals surface area (Å²) in [6.07, 6.45) is 0. The minimum absolute atomic E-state index is 0.239. The Morgan fingerprint density at radius 2 is 2.12 bits per heavy atom. The van der Waals surface area contributed by atoms with Crippen molar-refractivity contribution in [2.45, 2.75) is 26.4 Å². The van der Waals surface area contributed by atoms with E-state index in [-0.39, 0.29) is 12.5 Å². The lowest BCUT2D eigenvalue weighted by atomic mass is 10.2. The number of carbonyl (C=O) groups is 2. The molecule has 0 aliphatic rings. The van der Waals surface area contributed by atoms with E-state index in [2.05, 4.69) is 0 Å². The third-order valence-corrected chi connectivity index (χ3v) is 2.71. The Labute approximate surface area is 105 Å². The first-order valence-electron chi connectivity index (χ1n) is 5.16. The molecule has 17 heavy (non-hydrogen) atoms. The largest absolute Gasteiger partial charge is 0.480 e. The predicted octanol–water partition coefficient (Wildman–Crippen LogP) is 2.16. The molecule has 0 bridgehead atoms. The third kappa shape index (κ3) is 3.75. The normalized spacial score (nSPS) is 11.9. The molecular weight excluding hydrogens is 242 g/mol. The van der Waals surface area contributed by atoms with E-state index in [9.17, 15) is 9.59 Å². The average Bonchev–Trinajstić information content (AvgIpc) is 2.24. The summed E-state index contributed by atoms with van der Waals surface area (Å²) in [6, 6.07) is 6.15. The van der Waals surface area contributed by atoms with Gasteiger partial charge in [0.25, 0.3) is 0 Å². The summed E-state index contributed by atoms with van der Waals surface area (Å²) in [5.74, 6) is -1.30. The summed E-state index contributed by atoms with van der Waals surface area (Å²) < 4.78 is 0. The number of halogens is 1. The number of carboxylic acid groups (broad SMARTS) is 1. The first-order chi connectivity index (χ1) is 7.91. The number of amides is 1. The monoisotopic (exact) mass is 255 g/mol. The van der Waals surface area contributed by atoms with Gasteiger partial charge in [-0.25, -0.2) is 4.79 Å². The van der Waals surface area contributed by atoms with Gasteiger partial charge in [0.2, 0.25) is 5.91 Å². The molecule has 1 amide bonds. The van der Waals surface area contributed by atoms with Crippen LogP contribution in [0, 0.1) is 0 Å². The van der Waals surface area contributed by atoms with Gasteiger partial charge in [0.05, 0.1) is 0 Å². The van der Waals surface area contributed by atoms with E-state index in [0.29, 0.717) is 5.02 Å². The fourth-order valence-corrected chi connectivity index (χ4v) is 1.70. The van der Waals surface area contributed by atoms with Crippen LogP contribution in [0.5, 0.6) is 0 Å². The smallest absolute Gasteiger partial charge is 0.326 e. The molecular formula is C12H14ClNO3. The summed E-state index contributed by atoms with van der Waals surface area (Å²) in [5.41, 5.74) is 0.806. The maximum atomic E-state index is 11.4.